The average Bonchev–Trinajstić information content (AvgIpc) is 2.81. The van der Waals surface area contributed by atoms with Crippen LogP contribution < -0.4 is 19.5 Å². The molecule has 0 radical (unpaired) electrons. The third-order valence-corrected chi connectivity index (χ3v) is 5.80. The van der Waals surface area contributed by atoms with E-state index in [0.29, 0.717) is 23.8 Å². The molecule has 0 saturated carbocycles. The van der Waals surface area contributed by atoms with Gasteiger partial charge in [-0.2, -0.15) is 13.2 Å². The number of methoxy groups -OCH3 is 3. The zero-order valence-corrected chi connectivity index (χ0v) is 19.0. The number of piperidine rings is 1. The largest absolute Gasteiger partial charge is 0.493 e. The third kappa shape index (κ3) is 6.10. The summed E-state index contributed by atoms with van der Waals surface area (Å²) < 4.78 is 54.7. The van der Waals surface area contributed by atoms with E-state index in [1.165, 1.54) is 33.5 Å². The molecule has 1 amide bonds. The molecule has 1 atom stereocenters. The highest BCUT2D eigenvalue weighted by Gasteiger charge is 2.31. The van der Waals surface area contributed by atoms with Crippen LogP contribution in [-0.4, -0.2) is 45.2 Å². The van der Waals surface area contributed by atoms with Crippen molar-refractivity contribution in [2.45, 2.75) is 38.0 Å². The van der Waals surface area contributed by atoms with Gasteiger partial charge in [0.1, 0.15) is 0 Å². The molecule has 0 bridgehead atoms. The second kappa shape index (κ2) is 10.8. The number of carbonyl (C=O) groups excluding carboxylic acids is 1. The van der Waals surface area contributed by atoms with Gasteiger partial charge < -0.3 is 19.5 Å². The highest BCUT2D eigenvalue weighted by Crippen LogP contribution is 2.38. The lowest BCUT2D eigenvalue weighted by Crippen LogP contribution is -2.41. The number of halogens is 3. The van der Waals surface area contributed by atoms with Crippen LogP contribution >= 0.6 is 0 Å². The standard InChI is InChI=1S/C24H29F3N2O4/c1-31-20-12-16(13-21(32-2)23(20)33-3)14-28-22(30)15-29-11-5-4-6-19(29)17-7-9-18(10-8-17)24(25,26)27/h7-10,12-13,19H,4-6,11,14-15H2,1-3H3,(H,28,30). The van der Waals surface area contributed by atoms with Gasteiger partial charge >= 0.3 is 6.18 Å². The minimum Gasteiger partial charge on any atom is -0.493 e. The van der Waals surface area contributed by atoms with Gasteiger partial charge in [0.15, 0.2) is 11.5 Å². The molecule has 1 N–H and O–H groups in total. The molecule has 2 aromatic rings. The molecule has 1 aliphatic rings. The normalized spacial score (nSPS) is 16.8. The van der Waals surface area contributed by atoms with Crippen molar-refractivity contribution >= 4 is 5.91 Å². The highest BCUT2D eigenvalue weighted by molar-refractivity contribution is 5.78. The van der Waals surface area contributed by atoms with Crippen LogP contribution in [0.25, 0.3) is 0 Å². The summed E-state index contributed by atoms with van der Waals surface area (Å²) in [5.41, 5.74) is 0.910. The number of likely N-dealkylation sites (tertiary alicyclic amines) is 1. The van der Waals surface area contributed by atoms with Crippen molar-refractivity contribution in [2.24, 2.45) is 0 Å². The number of hydrogen-bond donors (Lipinski definition) is 1. The van der Waals surface area contributed by atoms with Crippen molar-refractivity contribution in [2.75, 3.05) is 34.4 Å². The van der Waals surface area contributed by atoms with Crippen molar-refractivity contribution in [1.82, 2.24) is 10.2 Å². The summed E-state index contributed by atoms with van der Waals surface area (Å²) in [6, 6.07) is 8.69. The summed E-state index contributed by atoms with van der Waals surface area (Å²) in [4.78, 5) is 14.7. The molecule has 0 aliphatic carbocycles. The van der Waals surface area contributed by atoms with E-state index in [-0.39, 0.29) is 25.0 Å². The smallest absolute Gasteiger partial charge is 0.416 e. The summed E-state index contributed by atoms with van der Waals surface area (Å²) in [5.74, 6) is 1.31. The van der Waals surface area contributed by atoms with Crippen LogP contribution in [0.2, 0.25) is 0 Å². The number of nitrogens with zero attached hydrogens (tertiary/aromatic N) is 1. The number of benzene rings is 2. The maximum absolute atomic E-state index is 12.9. The van der Waals surface area contributed by atoms with E-state index < -0.39 is 11.7 Å². The summed E-state index contributed by atoms with van der Waals surface area (Å²) in [7, 11) is 4.57. The van der Waals surface area contributed by atoms with Crippen LogP contribution in [0.15, 0.2) is 36.4 Å². The van der Waals surface area contributed by atoms with Crippen LogP contribution in [0.1, 0.15) is 42.0 Å². The molecule has 9 heteroatoms. The van der Waals surface area contributed by atoms with Crippen molar-refractivity contribution in [3.63, 3.8) is 0 Å². The third-order valence-electron chi connectivity index (χ3n) is 5.80. The zero-order valence-electron chi connectivity index (χ0n) is 19.0. The number of carbonyl (C=O) groups is 1. The zero-order chi connectivity index (χ0) is 24.0. The van der Waals surface area contributed by atoms with Gasteiger partial charge in [-0.15, -0.1) is 0 Å². The summed E-state index contributed by atoms with van der Waals surface area (Å²) in [6.45, 7) is 1.15. The van der Waals surface area contributed by atoms with Crippen LogP contribution in [0.4, 0.5) is 13.2 Å². The van der Waals surface area contributed by atoms with Gasteiger partial charge in [0.2, 0.25) is 11.7 Å². The second-order valence-corrected chi connectivity index (χ2v) is 7.91. The molecule has 1 heterocycles. The maximum atomic E-state index is 12.9. The van der Waals surface area contributed by atoms with Gasteiger partial charge in [-0.05, 0) is 54.8 Å². The molecule has 0 spiro atoms. The Balaban J connectivity index is 1.65. The van der Waals surface area contributed by atoms with E-state index in [1.807, 2.05) is 4.90 Å². The minimum atomic E-state index is -4.36. The predicted molar refractivity (Wildman–Crippen MR) is 118 cm³/mol. The topological polar surface area (TPSA) is 60.0 Å². The fraction of sp³-hybridized carbons (Fsp3) is 0.458. The van der Waals surface area contributed by atoms with E-state index in [0.717, 1.165) is 42.5 Å². The van der Waals surface area contributed by atoms with E-state index in [9.17, 15) is 18.0 Å². The van der Waals surface area contributed by atoms with Gasteiger partial charge in [-0.1, -0.05) is 18.6 Å². The Morgan fingerprint density at radius 2 is 1.67 bits per heavy atom. The monoisotopic (exact) mass is 466 g/mol. The molecule has 6 nitrogen and oxygen atoms in total. The minimum absolute atomic E-state index is 0.0899. The summed E-state index contributed by atoms with van der Waals surface area (Å²) >= 11 is 0. The molecular formula is C24H29F3N2O4. The summed E-state index contributed by atoms with van der Waals surface area (Å²) in [5, 5.41) is 2.91. The molecule has 3 rings (SSSR count). The molecule has 180 valence electrons. The number of hydrogen-bond acceptors (Lipinski definition) is 5. The first-order chi connectivity index (χ1) is 15.8. The van der Waals surface area contributed by atoms with Gasteiger partial charge in [0.25, 0.3) is 0 Å². The molecular weight excluding hydrogens is 437 g/mol. The van der Waals surface area contributed by atoms with Gasteiger partial charge in [-0.3, -0.25) is 9.69 Å². The highest BCUT2D eigenvalue weighted by atomic mass is 19.4. The number of rotatable bonds is 8. The lowest BCUT2D eigenvalue weighted by Gasteiger charge is -2.35. The Labute approximate surface area is 191 Å². The number of alkyl halides is 3. The first-order valence-corrected chi connectivity index (χ1v) is 10.7. The Bertz CT molecular complexity index is 923. The SMILES string of the molecule is COc1cc(CNC(=O)CN2CCCCC2c2ccc(C(F)(F)F)cc2)cc(OC)c1OC. The average molecular weight is 467 g/mol. The quantitative estimate of drug-likeness (QED) is 0.618. The summed E-state index contributed by atoms with van der Waals surface area (Å²) in [6.07, 6.45) is -1.66. The number of nitrogens with one attached hydrogen (secondary N) is 1. The molecule has 1 unspecified atom stereocenters. The fourth-order valence-corrected chi connectivity index (χ4v) is 4.13. The Hall–Kier alpha value is -2.94. The van der Waals surface area contributed by atoms with Crippen molar-refractivity contribution in [3.05, 3.63) is 53.1 Å². The molecule has 2 aromatic carbocycles. The molecule has 1 saturated heterocycles. The van der Waals surface area contributed by atoms with Gasteiger partial charge in [0, 0.05) is 12.6 Å². The Morgan fingerprint density at radius 1 is 1.03 bits per heavy atom. The van der Waals surface area contributed by atoms with Crippen LogP contribution in [0.3, 0.4) is 0 Å². The van der Waals surface area contributed by atoms with Crippen molar-refractivity contribution in [3.8, 4) is 17.2 Å². The Morgan fingerprint density at radius 3 is 2.21 bits per heavy atom. The van der Waals surface area contributed by atoms with E-state index in [1.54, 1.807) is 12.1 Å². The van der Waals surface area contributed by atoms with Crippen molar-refractivity contribution < 1.29 is 32.2 Å². The lowest BCUT2D eigenvalue weighted by atomic mass is 9.94. The van der Waals surface area contributed by atoms with E-state index in [2.05, 4.69) is 5.32 Å². The number of amides is 1. The fourth-order valence-electron chi connectivity index (χ4n) is 4.13. The van der Waals surface area contributed by atoms with Crippen LogP contribution in [-0.2, 0) is 17.5 Å². The van der Waals surface area contributed by atoms with Crippen LogP contribution in [0.5, 0.6) is 17.2 Å². The maximum Gasteiger partial charge on any atom is 0.416 e. The molecule has 33 heavy (non-hydrogen) atoms. The molecule has 1 aliphatic heterocycles. The Kier molecular flexibility index (Phi) is 8.07. The first-order valence-electron chi connectivity index (χ1n) is 10.7. The van der Waals surface area contributed by atoms with Gasteiger partial charge in [0.05, 0.1) is 33.4 Å². The second-order valence-electron chi connectivity index (χ2n) is 7.91. The lowest BCUT2D eigenvalue weighted by molar-refractivity contribution is -0.137. The predicted octanol–water partition coefficient (Wildman–Crippen LogP) is 4.57. The van der Waals surface area contributed by atoms with E-state index in [4.69, 9.17) is 14.2 Å². The van der Waals surface area contributed by atoms with Crippen LogP contribution in [0, 0.1) is 0 Å². The molecule has 1 fully saturated rings. The first kappa shape index (κ1) is 24.7. The van der Waals surface area contributed by atoms with E-state index >= 15 is 0 Å². The number of ether oxygens (including phenoxy) is 3. The van der Waals surface area contributed by atoms with Crippen molar-refractivity contribution in [1.29, 1.82) is 0 Å². The van der Waals surface area contributed by atoms with Gasteiger partial charge in [-0.25, -0.2) is 0 Å². The molecule has 0 aromatic heterocycles.